The minimum atomic E-state index is -0.392. The van der Waals surface area contributed by atoms with E-state index in [1.54, 1.807) is 5.57 Å². The molecule has 2 aliphatic carbocycles. The predicted molar refractivity (Wildman–Crippen MR) is 62.5 cm³/mol. The van der Waals surface area contributed by atoms with Crippen molar-refractivity contribution in [2.24, 2.45) is 5.92 Å². The van der Waals surface area contributed by atoms with Crippen molar-refractivity contribution in [3.05, 3.63) is 35.8 Å². The van der Waals surface area contributed by atoms with Crippen LogP contribution in [0.15, 0.2) is 35.8 Å². The molecule has 1 heterocycles. The lowest BCUT2D eigenvalue weighted by Crippen LogP contribution is -2.43. The molecule has 2 atom stereocenters. The van der Waals surface area contributed by atoms with Gasteiger partial charge in [0.05, 0.1) is 0 Å². The van der Waals surface area contributed by atoms with Crippen molar-refractivity contribution in [2.45, 2.75) is 44.8 Å². The zero-order chi connectivity index (χ0) is 11.2. The molecule has 2 nitrogen and oxygen atoms in total. The third kappa shape index (κ3) is 1.32. The lowest BCUT2D eigenvalue weighted by Gasteiger charge is -2.41. The van der Waals surface area contributed by atoms with Crippen LogP contribution in [0.5, 0.6) is 0 Å². The van der Waals surface area contributed by atoms with Gasteiger partial charge in [0.25, 0.3) is 5.79 Å². The van der Waals surface area contributed by atoms with Gasteiger partial charge in [-0.25, -0.2) is 0 Å². The highest BCUT2D eigenvalue weighted by Gasteiger charge is 2.51. The molecule has 16 heavy (non-hydrogen) atoms. The van der Waals surface area contributed by atoms with Gasteiger partial charge in [-0.2, -0.15) is 0 Å². The number of hydrogen-bond donors (Lipinski definition) is 0. The third-order valence-corrected chi connectivity index (χ3v) is 3.99. The summed E-state index contributed by atoms with van der Waals surface area (Å²) in [6, 6.07) is 0. The summed E-state index contributed by atoms with van der Waals surface area (Å²) in [5.74, 6) is 1.66. The van der Waals surface area contributed by atoms with Crippen LogP contribution >= 0.6 is 0 Å². The summed E-state index contributed by atoms with van der Waals surface area (Å²) in [5.41, 5.74) is 1.59. The number of hydrogen-bond acceptors (Lipinski definition) is 2. The van der Waals surface area contributed by atoms with Gasteiger partial charge in [-0.05, 0) is 38.7 Å². The van der Waals surface area contributed by atoms with Crippen molar-refractivity contribution in [3.63, 3.8) is 0 Å². The van der Waals surface area contributed by atoms with Crippen molar-refractivity contribution in [1.82, 2.24) is 0 Å². The fourth-order valence-corrected chi connectivity index (χ4v) is 3.12. The molecule has 0 aromatic carbocycles. The van der Waals surface area contributed by atoms with Crippen LogP contribution in [0.3, 0.4) is 0 Å². The van der Waals surface area contributed by atoms with Crippen molar-refractivity contribution < 1.29 is 9.47 Å². The van der Waals surface area contributed by atoms with Gasteiger partial charge in [0.1, 0.15) is 0 Å². The SMILES string of the molecule is C=C1OC2(CCC3=CCCC2C3)O/C1=C/C. The zero-order valence-corrected chi connectivity index (χ0v) is 9.79. The highest BCUT2D eigenvalue weighted by atomic mass is 16.7. The monoisotopic (exact) mass is 218 g/mol. The van der Waals surface area contributed by atoms with E-state index in [1.807, 2.05) is 13.0 Å². The Hall–Kier alpha value is -1.18. The molecule has 1 aliphatic heterocycles. The number of allylic oxidation sites excluding steroid dienone is 3. The highest BCUT2D eigenvalue weighted by molar-refractivity contribution is 5.24. The molecular formula is C14H18O2. The average Bonchev–Trinajstić information content (AvgIpc) is 2.63. The summed E-state index contributed by atoms with van der Waals surface area (Å²) in [6.45, 7) is 5.90. The van der Waals surface area contributed by atoms with Gasteiger partial charge in [-0.15, -0.1) is 0 Å². The van der Waals surface area contributed by atoms with E-state index in [1.165, 1.54) is 12.8 Å². The van der Waals surface area contributed by atoms with Gasteiger partial charge >= 0.3 is 0 Å². The standard InChI is InChI=1S/C14H18O2/c1-3-13-10(2)15-14(16-13)8-7-11-5-4-6-12(14)9-11/h3,5,12H,2,4,6-9H2,1H3/b13-3+. The van der Waals surface area contributed by atoms with Crippen LogP contribution in [0.4, 0.5) is 0 Å². The van der Waals surface area contributed by atoms with Crippen molar-refractivity contribution >= 4 is 0 Å². The maximum absolute atomic E-state index is 6.05. The molecule has 0 amide bonds. The second-order valence-electron chi connectivity index (χ2n) is 4.93. The molecule has 2 bridgehead atoms. The van der Waals surface area contributed by atoms with Gasteiger partial charge < -0.3 is 9.47 Å². The van der Waals surface area contributed by atoms with E-state index >= 15 is 0 Å². The molecule has 0 N–H and O–H groups in total. The Labute approximate surface area is 96.6 Å². The van der Waals surface area contributed by atoms with E-state index < -0.39 is 5.79 Å². The zero-order valence-electron chi connectivity index (χ0n) is 9.79. The topological polar surface area (TPSA) is 18.5 Å². The Morgan fingerprint density at radius 2 is 2.38 bits per heavy atom. The molecule has 3 aliphatic rings. The quantitative estimate of drug-likeness (QED) is 0.577. The molecule has 0 radical (unpaired) electrons. The van der Waals surface area contributed by atoms with Crippen LogP contribution < -0.4 is 0 Å². The summed E-state index contributed by atoms with van der Waals surface area (Å²) < 4.78 is 12.0. The molecule has 2 fully saturated rings. The van der Waals surface area contributed by atoms with Crippen molar-refractivity contribution in [1.29, 1.82) is 0 Å². The molecule has 1 spiro atoms. The Balaban J connectivity index is 1.90. The van der Waals surface area contributed by atoms with Crippen molar-refractivity contribution in [3.8, 4) is 0 Å². The van der Waals surface area contributed by atoms with Gasteiger partial charge in [0.15, 0.2) is 11.5 Å². The molecule has 0 aromatic rings. The summed E-state index contributed by atoms with van der Waals surface area (Å²) in [6.07, 6.45) is 9.92. The first-order valence-corrected chi connectivity index (χ1v) is 6.15. The fourth-order valence-electron chi connectivity index (χ4n) is 3.12. The number of fused-ring (bicyclic) bond motifs is 3. The van der Waals surface area contributed by atoms with Gasteiger partial charge in [0, 0.05) is 12.3 Å². The summed E-state index contributed by atoms with van der Waals surface area (Å²) in [4.78, 5) is 0. The Bertz CT molecular complexity index is 392. The Kier molecular flexibility index (Phi) is 2.13. The van der Waals surface area contributed by atoms with E-state index in [-0.39, 0.29) is 0 Å². The second kappa shape index (κ2) is 3.41. The normalized spacial score (nSPS) is 39.6. The first-order valence-electron chi connectivity index (χ1n) is 6.15. The van der Waals surface area contributed by atoms with Gasteiger partial charge in [-0.3, -0.25) is 0 Å². The van der Waals surface area contributed by atoms with E-state index in [0.717, 1.165) is 25.0 Å². The van der Waals surface area contributed by atoms with Gasteiger partial charge in [0.2, 0.25) is 0 Å². The predicted octanol–water partition coefficient (Wildman–Crippen LogP) is 3.67. The van der Waals surface area contributed by atoms with Crippen molar-refractivity contribution in [2.75, 3.05) is 0 Å². The number of rotatable bonds is 0. The maximum atomic E-state index is 6.05. The minimum Gasteiger partial charge on any atom is -0.449 e. The van der Waals surface area contributed by atoms with Crippen LogP contribution in [0.1, 0.15) is 39.0 Å². The highest BCUT2D eigenvalue weighted by Crippen LogP contribution is 2.51. The smallest absolute Gasteiger partial charge is 0.254 e. The van der Waals surface area contributed by atoms with E-state index in [0.29, 0.717) is 11.7 Å². The first kappa shape index (κ1) is 10.0. The lowest BCUT2D eigenvalue weighted by atomic mass is 9.74. The third-order valence-electron chi connectivity index (χ3n) is 3.99. The maximum Gasteiger partial charge on any atom is 0.254 e. The summed E-state index contributed by atoms with van der Waals surface area (Å²) in [7, 11) is 0. The van der Waals surface area contributed by atoms with Crippen LogP contribution in [-0.2, 0) is 9.47 Å². The van der Waals surface area contributed by atoms with Gasteiger partial charge in [-0.1, -0.05) is 18.2 Å². The molecule has 3 rings (SSSR count). The molecule has 2 heteroatoms. The van der Waals surface area contributed by atoms with E-state index in [4.69, 9.17) is 9.47 Å². The fraction of sp³-hybridized carbons (Fsp3) is 0.571. The molecular weight excluding hydrogens is 200 g/mol. The van der Waals surface area contributed by atoms with Crippen LogP contribution in [0.25, 0.3) is 0 Å². The van der Waals surface area contributed by atoms with E-state index in [2.05, 4.69) is 12.7 Å². The molecule has 1 saturated heterocycles. The second-order valence-corrected chi connectivity index (χ2v) is 4.93. The molecule has 86 valence electrons. The largest absolute Gasteiger partial charge is 0.449 e. The first-order chi connectivity index (χ1) is 7.73. The minimum absolute atomic E-state index is 0.392. The molecule has 0 aromatic heterocycles. The number of ether oxygens (including phenoxy) is 2. The lowest BCUT2D eigenvalue weighted by molar-refractivity contribution is -0.192. The van der Waals surface area contributed by atoms with Crippen LogP contribution in [0.2, 0.25) is 0 Å². The molecule has 2 unspecified atom stereocenters. The Morgan fingerprint density at radius 1 is 1.50 bits per heavy atom. The summed E-state index contributed by atoms with van der Waals surface area (Å²) in [5, 5.41) is 0. The Morgan fingerprint density at radius 3 is 3.12 bits per heavy atom. The summed E-state index contributed by atoms with van der Waals surface area (Å²) >= 11 is 0. The van der Waals surface area contributed by atoms with E-state index in [9.17, 15) is 0 Å². The average molecular weight is 218 g/mol. The van der Waals surface area contributed by atoms with Crippen LogP contribution in [-0.4, -0.2) is 5.79 Å². The van der Waals surface area contributed by atoms with Crippen LogP contribution in [0, 0.1) is 5.92 Å². The molecule has 1 saturated carbocycles.